The van der Waals surface area contributed by atoms with Crippen molar-refractivity contribution in [3.05, 3.63) is 35.9 Å². The molecule has 2 rings (SSSR count). The van der Waals surface area contributed by atoms with Gasteiger partial charge in [-0.1, -0.05) is 36.8 Å². The van der Waals surface area contributed by atoms with Crippen molar-refractivity contribution < 1.29 is 19.5 Å². The molecule has 2 unspecified atom stereocenters. The van der Waals surface area contributed by atoms with E-state index in [0.717, 1.165) is 12.8 Å². The normalized spacial score (nSPS) is 19.3. The molecule has 0 aliphatic carbocycles. The lowest BCUT2D eigenvalue weighted by Crippen LogP contribution is -2.50. The first-order valence-corrected chi connectivity index (χ1v) is 8.05. The fourth-order valence-electron chi connectivity index (χ4n) is 2.94. The minimum atomic E-state index is -0.909. The molecule has 24 heavy (non-hydrogen) atoms. The smallest absolute Gasteiger partial charge is 0.320 e. The number of carbonyl (C=O) groups excluding carboxylic acids is 2. The zero-order valence-electron chi connectivity index (χ0n) is 13.7. The molecule has 7 heteroatoms. The molecular formula is C17H23N3O4. The minimum Gasteiger partial charge on any atom is -0.480 e. The van der Waals surface area contributed by atoms with Gasteiger partial charge < -0.3 is 15.7 Å². The number of hydrogen-bond donors (Lipinski definition) is 3. The first-order valence-electron chi connectivity index (χ1n) is 8.05. The van der Waals surface area contributed by atoms with E-state index in [9.17, 15) is 19.5 Å². The number of hydrogen-bond acceptors (Lipinski definition) is 4. The van der Waals surface area contributed by atoms with E-state index in [1.807, 2.05) is 6.07 Å². The van der Waals surface area contributed by atoms with E-state index in [4.69, 9.17) is 0 Å². The van der Waals surface area contributed by atoms with E-state index < -0.39 is 18.1 Å². The number of nitrogens with zero attached hydrogens (tertiary/aromatic N) is 1. The Balaban J connectivity index is 2.05. The second kappa shape index (κ2) is 8.44. The van der Waals surface area contributed by atoms with Crippen molar-refractivity contribution in [1.82, 2.24) is 15.5 Å². The quantitative estimate of drug-likeness (QED) is 0.705. The number of carbonyl (C=O) groups is 3. The van der Waals surface area contributed by atoms with Crippen LogP contribution in [-0.4, -0.2) is 54.0 Å². The van der Waals surface area contributed by atoms with Crippen molar-refractivity contribution in [3.63, 3.8) is 0 Å². The minimum absolute atomic E-state index is 0.0305. The Kier molecular flexibility index (Phi) is 6.31. The van der Waals surface area contributed by atoms with Crippen molar-refractivity contribution in [1.29, 1.82) is 0 Å². The summed E-state index contributed by atoms with van der Waals surface area (Å²) in [5, 5.41) is 14.5. The van der Waals surface area contributed by atoms with Crippen molar-refractivity contribution in [2.75, 3.05) is 20.1 Å². The highest BCUT2D eigenvalue weighted by Gasteiger charge is 2.30. The van der Waals surface area contributed by atoms with Crippen LogP contribution < -0.4 is 10.6 Å². The van der Waals surface area contributed by atoms with E-state index in [-0.39, 0.29) is 18.4 Å². The van der Waals surface area contributed by atoms with Crippen LogP contribution in [0.25, 0.3) is 0 Å². The predicted octanol–water partition coefficient (Wildman–Crippen LogP) is 0.529. The van der Waals surface area contributed by atoms with Crippen molar-refractivity contribution in [2.45, 2.75) is 31.3 Å². The third-order valence-corrected chi connectivity index (χ3v) is 4.19. The van der Waals surface area contributed by atoms with Gasteiger partial charge in [0.2, 0.25) is 11.8 Å². The number of rotatable bonds is 6. The fourth-order valence-corrected chi connectivity index (χ4v) is 2.94. The van der Waals surface area contributed by atoms with E-state index in [0.29, 0.717) is 18.5 Å². The van der Waals surface area contributed by atoms with Gasteiger partial charge in [-0.3, -0.25) is 19.3 Å². The van der Waals surface area contributed by atoms with E-state index in [1.54, 1.807) is 29.2 Å². The van der Waals surface area contributed by atoms with Gasteiger partial charge in [-0.15, -0.1) is 0 Å². The molecule has 7 nitrogen and oxygen atoms in total. The topological polar surface area (TPSA) is 98.7 Å². The van der Waals surface area contributed by atoms with Gasteiger partial charge in [-0.25, -0.2) is 0 Å². The Morgan fingerprint density at radius 2 is 1.96 bits per heavy atom. The van der Waals surface area contributed by atoms with Crippen molar-refractivity contribution in [2.24, 2.45) is 0 Å². The number of piperidine rings is 1. The number of likely N-dealkylation sites (N-methyl/N-ethyl adjacent to an activating group) is 1. The molecule has 0 bridgehead atoms. The van der Waals surface area contributed by atoms with Crippen LogP contribution in [-0.2, 0) is 14.4 Å². The lowest BCUT2D eigenvalue weighted by atomic mass is 10.0. The molecule has 0 aromatic heterocycles. The highest BCUT2D eigenvalue weighted by molar-refractivity contribution is 5.89. The molecular weight excluding hydrogens is 310 g/mol. The Labute approximate surface area is 141 Å². The molecule has 1 aromatic rings. The monoisotopic (exact) mass is 333 g/mol. The van der Waals surface area contributed by atoms with Gasteiger partial charge in [-0.2, -0.15) is 0 Å². The van der Waals surface area contributed by atoms with Gasteiger partial charge in [-0.05, 0) is 24.9 Å². The number of carboxylic acid groups (broad SMARTS) is 1. The summed E-state index contributed by atoms with van der Waals surface area (Å²) >= 11 is 0. The highest BCUT2D eigenvalue weighted by Crippen LogP contribution is 2.17. The molecule has 1 aliphatic heterocycles. The molecule has 0 spiro atoms. The number of carboxylic acids is 1. The standard InChI is InChI=1S/C17H23N3O4/c1-18-16(22)15(12-7-3-2-4-8-12)19-14(21)11-20-10-6-5-9-13(20)17(23)24/h2-4,7-8,13,15H,5-6,9-11H2,1H3,(H,18,22)(H,19,21)(H,23,24). The van der Waals surface area contributed by atoms with Crippen LogP contribution >= 0.6 is 0 Å². The molecule has 3 N–H and O–H groups in total. The van der Waals surface area contributed by atoms with Gasteiger partial charge in [0.1, 0.15) is 12.1 Å². The van der Waals surface area contributed by atoms with Crippen LogP contribution in [0.15, 0.2) is 30.3 Å². The number of benzene rings is 1. The average Bonchev–Trinajstić information content (AvgIpc) is 2.60. The Morgan fingerprint density at radius 3 is 2.58 bits per heavy atom. The maximum Gasteiger partial charge on any atom is 0.320 e. The zero-order chi connectivity index (χ0) is 17.5. The van der Waals surface area contributed by atoms with Crippen LogP contribution in [0.2, 0.25) is 0 Å². The van der Waals surface area contributed by atoms with Crippen molar-refractivity contribution in [3.8, 4) is 0 Å². The Bertz CT molecular complexity index is 591. The van der Waals surface area contributed by atoms with Gasteiger partial charge in [0, 0.05) is 7.05 Å². The van der Waals surface area contributed by atoms with E-state index in [2.05, 4.69) is 10.6 Å². The predicted molar refractivity (Wildman–Crippen MR) is 88.2 cm³/mol. The van der Waals surface area contributed by atoms with E-state index >= 15 is 0 Å². The molecule has 1 heterocycles. The number of likely N-dealkylation sites (tertiary alicyclic amines) is 1. The van der Waals surface area contributed by atoms with Crippen LogP contribution in [0.1, 0.15) is 30.9 Å². The summed E-state index contributed by atoms with van der Waals surface area (Å²) in [5.41, 5.74) is 0.679. The summed E-state index contributed by atoms with van der Waals surface area (Å²) in [6.45, 7) is 0.539. The largest absolute Gasteiger partial charge is 0.480 e. The Hall–Kier alpha value is -2.41. The lowest BCUT2D eigenvalue weighted by molar-refractivity contribution is -0.145. The first-order chi connectivity index (χ1) is 11.5. The summed E-state index contributed by atoms with van der Waals surface area (Å²) < 4.78 is 0. The lowest BCUT2D eigenvalue weighted by Gasteiger charge is -2.32. The molecule has 2 atom stereocenters. The van der Waals surface area contributed by atoms with Crippen LogP contribution in [0.4, 0.5) is 0 Å². The summed E-state index contributed by atoms with van der Waals surface area (Å²) in [5.74, 6) is -1.59. The third kappa shape index (κ3) is 4.55. The van der Waals surface area contributed by atoms with Crippen LogP contribution in [0, 0.1) is 0 Å². The number of aliphatic carboxylic acids is 1. The second-order valence-electron chi connectivity index (χ2n) is 5.85. The molecule has 2 amide bonds. The zero-order valence-corrected chi connectivity index (χ0v) is 13.7. The summed E-state index contributed by atoms with van der Waals surface area (Å²) in [7, 11) is 1.51. The number of amides is 2. The maximum absolute atomic E-state index is 12.4. The molecule has 1 aromatic carbocycles. The van der Waals surface area contributed by atoms with Gasteiger partial charge in [0.25, 0.3) is 0 Å². The average molecular weight is 333 g/mol. The Morgan fingerprint density at radius 1 is 1.25 bits per heavy atom. The number of nitrogens with one attached hydrogen (secondary N) is 2. The van der Waals surface area contributed by atoms with E-state index in [1.165, 1.54) is 7.05 Å². The van der Waals surface area contributed by atoms with Gasteiger partial charge in [0.15, 0.2) is 0 Å². The summed E-state index contributed by atoms with van der Waals surface area (Å²) in [6, 6.07) is 7.52. The molecule has 0 radical (unpaired) electrons. The first kappa shape index (κ1) is 17.9. The van der Waals surface area contributed by atoms with Crippen molar-refractivity contribution >= 4 is 17.8 Å². The second-order valence-corrected chi connectivity index (χ2v) is 5.85. The third-order valence-electron chi connectivity index (χ3n) is 4.19. The van der Waals surface area contributed by atoms with Gasteiger partial charge >= 0.3 is 5.97 Å². The van der Waals surface area contributed by atoms with Crippen LogP contribution in [0.3, 0.4) is 0 Å². The summed E-state index contributed by atoms with van der Waals surface area (Å²) in [6.07, 6.45) is 2.26. The molecule has 1 saturated heterocycles. The molecule has 1 aliphatic rings. The maximum atomic E-state index is 12.4. The molecule has 130 valence electrons. The SMILES string of the molecule is CNC(=O)C(NC(=O)CN1CCCCC1C(=O)O)c1ccccc1. The summed E-state index contributed by atoms with van der Waals surface area (Å²) in [4.78, 5) is 37.4. The van der Waals surface area contributed by atoms with Crippen LogP contribution in [0.5, 0.6) is 0 Å². The highest BCUT2D eigenvalue weighted by atomic mass is 16.4. The fraction of sp³-hybridized carbons (Fsp3) is 0.471. The van der Waals surface area contributed by atoms with Gasteiger partial charge in [0.05, 0.1) is 6.54 Å². The molecule has 1 fully saturated rings. The molecule has 0 saturated carbocycles.